The van der Waals surface area contributed by atoms with Crippen LogP contribution in [0.4, 0.5) is 5.00 Å². The van der Waals surface area contributed by atoms with Crippen molar-refractivity contribution < 1.29 is 19.1 Å². The predicted octanol–water partition coefficient (Wildman–Crippen LogP) is 2.17. The first-order valence-corrected chi connectivity index (χ1v) is 8.38. The second-order valence-corrected chi connectivity index (χ2v) is 6.41. The lowest BCUT2D eigenvalue weighted by Crippen LogP contribution is -2.30. The van der Waals surface area contributed by atoms with Gasteiger partial charge in [-0.25, -0.2) is 4.79 Å². The summed E-state index contributed by atoms with van der Waals surface area (Å²) in [6.45, 7) is 3.37. The van der Waals surface area contributed by atoms with Gasteiger partial charge in [0.1, 0.15) is 5.00 Å². The normalized spacial score (nSPS) is 14.5. The highest BCUT2D eigenvalue weighted by atomic mass is 32.1. The summed E-state index contributed by atoms with van der Waals surface area (Å²) in [5, 5.41) is 3.10. The molecule has 1 aromatic heterocycles. The molecule has 1 aromatic rings. The fourth-order valence-corrected chi connectivity index (χ4v) is 3.75. The Morgan fingerprint density at radius 3 is 2.78 bits per heavy atom. The van der Waals surface area contributed by atoms with Gasteiger partial charge >= 0.3 is 5.97 Å². The highest BCUT2D eigenvalue weighted by molar-refractivity contribution is 7.17. The van der Waals surface area contributed by atoms with Crippen molar-refractivity contribution in [1.29, 1.82) is 0 Å². The molecule has 0 unspecified atom stereocenters. The Morgan fingerprint density at radius 1 is 1.39 bits per heavy atom. The van der Waals surface area contributed by atoms with E-state index in [1.165, 1.54) is 24.3 Å². The number of fused-ring (bicyclic) bond motifs is 1. The Balaban J connectivity index is 2.07. The van der Waals surface area contributed by atoms with E-state index in [-0.39, 0.29) is 0 Å². The van der Waals surface area contributed by atoms with Gasteiger partial charge in [-0.15, -0.1) is 11.3 Å². The lowest BCUT2D eigenvalue weighted by Gasteiger charge is -2.12. The number of anilines is 1. The zero-order valence-corrected chi connectivity index (χ0v) is 14.0. The average molecular weight is 336 g/mol. The minimum absolute atomic E-state index is 0.389. The van der Waals surface area contributed by atoms with Crippen molar-refractivity contribution >= 4 is 34.1 Å². The Bertz CT molecular complexity index is 663. The number of nitrogens with two attached hydrogens (primary N) is 1. The van der Waals surface area contributed by atoms with Crippen molar-refractivity contribution in [1.82, 2.24) is 0 Å². The SMILES string of the molecule is CC/C=C/C(=O)O[C@H](C)C(=O)Nc1sc2c(c1C(N)=O)CCC2. The highest BCUT2D eigenvalue weighted by Gasteiger charge is 2.27. The van der Waals surface area contributed by atoms with Gasteiger partial charge in [-0.05, 0) is 38.2 Å². The molecule has 0 saturated heterocycles. The van der Waals surface area contributed by atoms with Crippen LogP contribution in [0.25, 0.3) is 0 Å². The number of allylic oxidation sites excluding steroid dienone is 1. The molecule has 7 heteroatoms. The molecule has 124 valence electrons. The quantitative estimate of drug-likeness (QED) is 0.614. The van der Waals surface area contributed by atoms with Crippen LogP contribution in [0, 0.1) is 0 Å². The number of rotatable bonds is 6. The number of hydrogen-bond acceptors (Lipinski definition) is 5. The lowest BCUT2D eigenvalue weighted by molar-refractivity contribution is -0.148. The van der Waals surface area contributed by atoms with Crippen LogP contribution in [-0.4, -0.2) is 23.9 Å². The number of amides is 2. The van der Waals surface area contributed by atoms with Crippen LogP contribution in [0.1, 0.15) is 47.5 Å². The third-order valence-electron chi connectivity index (χ3n) is 3.56. The van der Waals surface area contributed by atoms with Crippen LogP contribution in [0.3, 0.4) is 0 Å². The first-order chi connectivity index (χ1) is 10.9. The third kappa shape index (κ3) is 3.98. The zero-order valence-electron chi connectivity index (χ0n) is 13.2. The van der Waals surface area contributed by atoms with E-state index in [0.29, 0.717) is 17.0 Å². The summed E-state index contributed by atoms with van der Waals surface area (Å²) in [5.41, 5.74) is 6.77. The van der Waals surface area contributed by atoms with Gasteiger partial charge < -0.3 is 15.8 Å². The highest BCUT2D eigenvalue weighted by Crippen LogP contribution is 2.38. The van der Waals surface area contributed by atoms with E-state index >= 15 is 0 Å². The van der Waals surface area contributed by atoms with Gasteiger partial charge in [0.05, 0.1) is 5.56 Å². The van der Waals surface area contributed by atoms with E-state index in [1.807, 2.05) is 6.92 Å². The van der Waals surface area contributed by atoms with Crippen molar-refractivity contribution in [3.63, 3.8) is 0 Å². The van der Waals surface area contributed by atoms with Crippen LogP contribution >= 0.6 is 11.3 Å². The molecule has 1 aliphatic rings. The van der Waals surface area contributed by atoms with Gasteiger partial charge in [-0.3, -0.25) is 9.59 Å². The van der Waals surface area contributed by atoms with Crippen LogP contribution in [0.2, 0.25) is 0 Å². The van der Waals surface area contributed by atoms with E-state index < -0.39 is 23.9 Å². The van der Waals surface area contributed by atoms with Crippen LogP contribution < -0.4 is 11.1 Å². The fraction of sp³-hybridized carbons (Fsp3) is 0.438. The Kier molecular flexibility index (Phi) is 5.54. The smallest absolute Gasteiger partial charge is 0.331 e. The largest absolute Gasteiger partial charge is 0.449 e. The molecule has 0 aliphatic heterocycles. The summed E-state index contributed by atoms with van der Waals surface area (Å²) >= 11 is 1.37. The number of thiophene rings is 1. The van der Waals surface area contributed by atoms with E-state index in [0.717, 1.165) is 29.7 Å². The van der Waals surface area contributed by atoms with Gasteiger partial charge in [-0.2, -0.15) is 0 Å². The maximum Gasteiger partial charge on any atom is 0.331 e. The Morgan fingerprint density at radius 2 is 2.13 bits per heavy atom. The van der Waals surface area contributed by atoms with Crippen LogP contribution in [0.15, 0.2) is 12.2 Å². The molecular weight excluding hydrogens is 316 g/mol. The van der Waals surface area contributed by atoms with E-state index in [1.54, 1.807) is 6.08 Å². The molecule has 2 rings (SSSR count). The topological polar surface area (TPSA) is 98.5 Å². The monoisotopic (exact) mass is 336 g/mol. The summed E-state index contributed by atoms with van der Waals surface area (Å²) in [6, 6.07) is 0. The minimum atomic E-state index is -0.957. The number of aryl methyl sites for hydroxylation is 1. The van der Waals surface area contributed by atoms with Gasteiger partial charge in [0.15, 0.2) is 6.10 Å². The van der Waals surface area contributed by atoms with E-state index in [4.69, 9.17) is 10.5 Å². The number of nitrogens with one attached hydrogen (secondary N) is 1. The molecule has 1 heterocycles. The standard InChI is InChI=1S/C16H20N2O4S/c1-3-4-8-12(19)22-9(2)15(21)18-16-13(14(17)20)10-6-5-7-11(10)23-16/h4,8-9H,3,5-7H2,1-2H3,(H2,17,20)(H,18,21)/b8-4+/t9-/m1/s1. The van der Waals surface area contributed by atoms with Gasteiger partial charge in [-0.1, -0.05) is 13.0 Å². The number of ether oxygens (including phenoxy) is 1. The molecule has 3 N–H and O–H groups in total. The second-order valence-electron chi connectivity index (χ2n) is 5.30. The maximum atomic E-state index is 12.2. The molecule has 0 radical (unpaired) electrons. The van der Waals surface area contributed by atoms with Crippen molar-refractivity contribution in [3.8, 4) is 0 Å². The molecule has 6 nitrogen and oxygen atoms in total. The minimum Gasteiger partial charge on any atom is -0.449 e. The summed E-state index contributed by atoms with van der Waals surface area (Å²) in [7, 11) is 0. The number of carbonyl (C=O) groups excluding carboxylic acids is 3. The van der Waals surface area contributed by atoms with Crippen molar-refractivity contribution in [2.75, 3.05) is 5.32 Å². The maximum absolute atomic E-state index is 12.2. The molecular formula is C16H20N2O4S. The summed E-state index contributed by atoms with van der Waals surface area (Å²) < 4.78 is 5.01. The molecule has 0 saturated carbocycles. The Hall–Kier alpha value is -2.15. The molecule has 0 spiro atoms. The molecule has 1 atom stereocenters. The molecule has 1 aliphatic carbocycles. The van der Waals surface area contributed by atoms with E-state index in [9.17, 15) is 14.4 Å². The summed E-state index contributed by atoms with van der Waals surface area (Å²) in [4.78, 5) is 36.4. The zero-order chi connectivity index (χ0) is 17.0. The number of carbonyl (C=O) groups is 3. The first-order valence-electron chi connectivity index (χ1n) is 7.56. The average Bonchev–Trinajstić information content (AvgIpc) is 3.04. The molecule has 2 amide bonds. The molecule has 0 fully saturated rings. The summed E-state index contributed by atoms with van der Waals surface area (Å²) in [6.07, 6.45) is 5.38. The summed E-state index contributed by atoms with van der Waals surface area (Å²) in [5.74, 6) is -1.60. The molecule has 0 bridgehead atoms. The lowest BCUT2D eigenvalue weighted by atomic mass is 10.1. The number of esters is 1. The van der Waals surface area contributed by atoms with Crippen LogP contribution in [-0.2, 0) is 27.2 Å². The van der Waals surface area contributed by atoms with E-state index in [2.05, 4.69) is 5.32 Å². The first kappa shape index (κ1) is 17.2. The molecule has 0 aromatic carbocycles. The molecule has 23 heavy (non-hydrogen) atoms. The van der Waals surface area contributed by atoms with Crippen LogP contribution in [0.5, 0.6) is 0 Å². The number of hydrogen-bond donors (Lipinski definition) is 2. The predicted molar refractivity (Wildman–Crippen MR) is 88.5 cm³/mol. The van der Waals surface area contributed by atoms with Gasteiger partial charge in [0.25, 0.3) is 11.8 Å². The van der Waals surface area contributed by atoms with Crippen molar-refractivity contribution in [2.24, 2.45) is 5.73 Å². The second kappa shape index (κ2) is 7.41. The van der Waals surface area contributed by atoms with Gasteiger partial charge in [0, 0.05) is 11.0 Å². The Labute approximate surface area is 138 Å². The fourth-order valence-electron chi connectivity index (χ4n) is 2.45. The third-order valence-corrected chi connectivity index (χ3v) is 4.76. The van der Waals surface area contributed by atoms with Crippen molar-refractivity contribution in [3.05, 3.63) is 28.2 Å². The number of primary amides is 1. The van der Waals surface area contributed by atoms with Gasteiger partial charge in [0.2, 0.25) is 0 Å². The van der Waals surface area contributed by atoms with Crippen molar-refractivity contribution in [2.45, 2.75) is 45.6 Å².